The molecule has 1 aromatic carbocycles. The van der Waals surface area contributed by atoms with Crippen LogP contribution in [0.1, 0.15) is 10.4 Å². The van der Waals surface area contributed by atoms with Gasteiger partial charge in [-0.25, -0.2) is 14.4 Å². The summed E-state index contributed by atoms with van der Waals surface area (Å²) in [7, 11) is 1.22. The molecule has 11 heteroatoms. The van der Waals surface area contributed by atoms with Gasteiger partial charge in [0.2, 0.25) is 0 Å². The van der Waals surface area contributed by atoms with Crippen molar-refractivity contribution in [3.05, 3.63) is 66.0 Å². The Kier molecular flexibility index (Phi) is 5.72. The number of carbonyl (C=O) groups excluding carboxylic acids is 1. The third-order valence-corrected chi connectivity index (χ3v) is 3.93. The average Bonchev–Trinajstić information content (AvgIpc) is 2.72. The Morgan fingerprint density at radius 1 is 1.13 bits per heavy atom. The summed E-state index contributed by atoms with van der Waals surface area (Å²) < 4.78 is 50.6. The molecule has 3 aromatic rings. The van der Waals surface area contributed by atoms with Crippen LogP contribution >= 0.6 is 0 Å². The maximum Gasteiger partial charge on any atom is 0.430 e. The number of benzene rings is 1. The SMILES string of the molecule is CN=C(C=C(N)C(F)(F)F)NC(=O)c1ccc2cc(-c3ncc(F)cn3)cnc2c1. The third kappa shape index (κ3) is 4.74. The monoisotopic (exact) mass is 418 g/mol. The fraction of sp³-hybridized carbons (Fsp3) is 0.105. The van der Waals surface area contributed by atoms with Gasteiger partial charge in [0.15, 0.2) is 11.6 Å². The van der Waals surface area contributed by atoms with Gasteiger partial charge in [-0.05, 0) is 18.2 Å². The predicted molar refractivity (Wildman–Crippen MR) is 102 cm³/mol. The number of aliphatic imine (C=N–C) groups is 1. The van der Waals surface area contributed by atoms with Crippen molar-refractivity contribution in [3.8, 4) is 11.4 Å². The first kappa shape index (κ1) is 20.8. The summed E-state index contributed by atoms with van der Waals surface area (Å²) in [6, 6.07) is 6.25. The number of pyridine rings is 1. The van der Waals surface area contributed by atoms with Gasteiger partial charge in [-0.3, -0.25) is 14.8 Å². The van der Waals surface area contributed by atoms with Crippen LogP contribution in [0.25, 0.3) is 22.3 Å². The summed E-state index contributed by atoms with van der Waals surface area (Å²) in [5, 5.41) is 2.92. The van der Waals surface area contributed by atoms with E-state index in [1.54, 1.807) is 12.1 Å². The quantitative estimate of drug-likeness (QED) is 0.386. The Hall–Kier alpha value is -3.89. The zero-order valence-electron chi connectivity index (χ0n) is 15.4. The highest BCUT2D eigenvalue weighted by Crippen LogP contribution is 2.22. The second-order valence-electron chi connectivity index (χ2n) is 6.02. The first-order valence-corrected chi connectivity index (χ1v) is 8.37. The molecular formula is C19H14F4N6O. The number of fused-ring (bicyclic) bond motifs is 1. The number of hydrogen-bond donors (Lipinski definition) is 2. The van der Waals surface area contributed by atoms with Crippen molar-refractivity contribution in [1.29, 1.82) is 0 Å². The molecule has 0 aliphatic carbocycles. The maximum atomic E-state index is 13.0. The van der Waals surface area contributed by atoms with Gasteiger partial charge >= 0.3 is 6.18 Å². The summed E-state index contributed by atoms with van der Waals surface area (Å²) in [6.45, 7) is 0. The zero-order chi connectivity index (χ0) is 21.9. The van der Waals surface area contributed by atoms with E-state index in [0.29, 0.717) is 22.5 Å². The van der Waals surface area contributed by atoms with E-state index in [1.165, 1.54) is 25.4 Å². The number of nitrogens with two attached hydrogens (primary N) is 1. The van der Waals surface area contributed by atoms with Gasteiger partial charge in [-0.15, -0.1) is 0 Å². The molecule has 0 spiro atoms. The number of allylic oxidation sites excluding steroid dienone is 1. The largest absolute Gasteiger partial charge is 0.430 e. The van der Waals surface area contributed by atoms with Gasteiger partial charge in [0.05, 0.1) is 17.9 Å². The second-order valence-corrected chi connectivity index (χ2v) is 6.02. The summed E-state index contributed by atoms with van der Waals surface area (Å²) in [5.74, 6) is -1.31. The Morgan fingerprint density at radius 3 is 2.47 bits per heavy atom. The summed E-state index contributed by atoms with van der Waals surface area (Å²) in [6.07, 6.45) is -0.672. The lowest BCUT2D eigenvalue weighted by Gasteiger charge is -2.09. The molecule has 0 radical (unpaired) electrons. The van der Waals surface area contributed by atoms with E-state index in [2.05, 4.69) is 25.3 Å². The van der Waals surface area contributed by atoms with E-state index in [9.17, 15) is 22.4 Å². The lowest BCUT2D eigenvalue weighted by atomic mass is 10.1. The standard InChI is InChI=1S/C19H14F4N6O/c1-25-16(6-15(24)19(21,22)23)29-18(30)11-3-2-10-4-12(7-26-14(10)5-11)17-27-8-13(20)9-28-17/h2-9H,24H2,1H3,(H,25,29,30). The first-order valence-electron chi connectivity index (χ1n) is 8.37. The summed E-state index contributed by atoms with van der Waals surface area (Å²) in [4.78, 5) is 28.0. The van der Waals surface area contributed by atoms with Gasteiger partial charge in [0.25, 0.3) is 5.91 Å². The van der Waals surface area contributed by atoms with Crippen LogP contribution in [-0.4, -0.2) is 39.9 Å². The van der Waals surface area contributed by atoms with Crippen molar-refractivity contribution in [2.75, 3.05) is 7.05 Å². The van der Waals surface area contributed by atoms with Crippen LogP contribution in [0, 0.1) is 5.82 Å². The summed E-state index contributed by atoms with van der Waals surface area (Å²) in [5.41, 5.74) is 4.71. The number of carbonyl (C=O) groups is 1. The van der Waals surface area contributed by atoms with Crippen LogP contribution < -0.4 is 11.1 Å². The average molecular weight is 418 g/mol. The number of halogens is 4. The van der Waals surface area contributed by atoms with Crippen molar-refractivity contribution in [2.24, 2.45) is 10.7 Å². The van der Waals surface area contributed by atoms with Crippen LogP contribution in [0.5, 0.6) is 0 Å². The molecule has 7 nitrogen and oxygen atoms in total. The van der Waals surface area contributed by atoms with E-state index >= 15 is 0 Å². The fourth-order valence-electron chi connectivity index (χ4n) is 2.42. The fourth-order valence-corrected chi connectivity index (χ4v) is 2.42. The molecule has 0 fully saturated rings. The Morgan fingerprint density at radius 2 is 1.83 bits per heavy atom. The smallest absolute Gasteiger partial charge is 0.395 e. The predicted octanol–water partition coefficient (Wildman–Crippen LogP) is 2.99. The maximum absolute atomic E-state index is 13.0. The van der Waals surface area contributed by atoms with Crippen molar-refractivity contribution < 1.29 is 22.4 Å². The van der Waals surface area contributed by atoms with Crippen molar-refractivity contribution >= 4 is 22.6 Å². The molecule has 2 heterocycles. The molecular weight excluding hydrogens is 404 g/mol. The molecule has 2 aromatic heterocycles. The number of amides is 1. The minimum atomic E-state index is -4.74. The van der Waals surface area contributed by atoms with E-state index in [-0.39, 0.29) is 17.2 Å². The van der Waals surface area contributed by atoms with Crippen molar-refractivity contribution in [1.82, 2.24) is 20.3 Å². The minimum absolute atomic E-state index is 0.154. The van der Waals surface area contributed by atoms with E-state index in [0.717, 1.165) is 12.4 Å². The van der Waals surface area contributed by atoms with Gasteiger partial charge in [-0.2, -0.15) is 13.2 Å². The third-order valence-electron chi connectivity index (χ3n) is 3.93. The van der Waals surface area contributed by atoms with Crippen LogP contribution in [-0.2, 0) is 0 Å². The normalized spacial score (nSPS) is 12.8. The topological polar surface area (TPSA) is 106 Å². The molecule has 0 unspecified atom stereocenters. The zero-order valence-corrected chi connectivity index (χ0v) is 15.4. The molecule has 154 valence electrons. The minimum Gasteiger partial charge on any atom is -0.395 e. The highest BCUT2D eigenvalue weighted by Gasteiger charge is 2.31. The lowest BCUT2D eigenvalue weighted by molar-refractivity contribution is -0.0925. The molecule has 0 aliphatic rings. The Balaban J connectivity index is 1.83. The van der Waals surface area contributed by atoms with Crippen LogP contribution in [0.2, 0.25) is 0 Å². The Bertz CT molecular complexity index is 1160. The van der Waals surface area contributed by atoms with Gasteiger partial charge in [-0.1, -0.05) is 6.07 Å². The molecule has 3 rings (SSSR count). The van der Waals surface area contributed by atoms with E-state index in [1.807, 2.05) is 0 Å². The second kappa shape index (κ2) is 8.23. The van der Waals surface area contributed by atoms with Crippen LogP contribution in [0.4, 0.5) is 17.6 Å². The molecule has 0 saturated heterocycles. The van der Waals surface area contributed by atoms with Crippen molar-refractivity contribution in [2.45, 2.75) is 6.18 Å². The molecule has 3 N–H and O–H groups in total. The van der Waals surface area contributed by atoms with Gasteiger partial charge in [0, 0.05) is 35.8 Å². The summed E-state index contributed by atoms with van der Waals surface area (Å²) >= 11 is 0. The molecule has 1 amide bonds. The molecule has 30 heavy (non-hydrogen) atoms. The number of rotatable bonds is 3. The molecule has 0 aliphatic heterocycles. The lowest BCUT2D eigenvalue weighted by Crippen LogP contribution is -2.31. The molecule has 0 bridgehead atoms. The number of nitrogens with zero attached hydrogens (tertiary/aromatic N) is 4. The van der Waals surface area contributed by atoms with Crippen LogP contribution in [0.3, 0.4) is 0 Å². The molecule has 0 saturated carbocycles. The number of hydrogen-bond acceptors (Lipinski definition) is 6. The Labute approximate surface area is 167 Å². The molecule has 0 atom stereocenters. The van der Waals surface area contributed by atoms with E-state index < -0.39 is 23.6 Å². The number of nitrogens with one attached hydrogen (secondary N) is 1. The van der Waals surface area contributed by atoms with Crippen LogP contribution in [0.15, 0.2) is 59.6 Å². The highest BCUT2D eigenvalue weighted by molar-refractivity contribution is 6.11. The van der Waals surface area contributed by atoms with Gasteiger partial charge in [0.1, 0.15) is 11.5 Å². The van der Waals surface area contributed by atoms with Crippen molar-refractivity contribution in [3.63, 3.8) is 0 Å². The highest BCUT2D eigenvalue weighted by atomic mass is 19.4. The number of alkyl halides is 3. The van der Waals surface area contributed by atoms with Gasteiger partial charge < -0.3 is 11.1 Å². The number of aromatic nitrogens is 3. The number of amidine groups is 1. The van der Waals surface area contributed by atoms with E-state index in [4.69, 9.17) is 5.73 Å². The first-order chi connectivity index (χ1) is 14.2.